The van der Waals surface area contributed by atoms with Crippen molar-refractivity contribution >= 4 is 11.8 Å². The van der Waals surface area contributed by atoms with Gasteiger partial charge in [0.15, 0.2) is 5.16 Å². The quantitative estimate of drug-likeness (QED) is 0.563. The van der Waals surface area contributed by atoms with Crippen LogP contribution in [0.2, 0.25) is 0 Å². The average molecular weight is 373 g/mol. The van der Waals surface area contributed by atoms with E-state index in [-0.39, 0.29) is 0 Å². The van der Waals surface area contributed by atoms with Gasteiger partial charge in [0, 0.05) is 18.5 Å². The SMILES string of the molecule is CC=C(C)CN1CCC(c2nnc(SC)n2-c2cccc(OC)c2)CC1. The van der Waals surface area contributed by atoms with E-state index in [9.17, 15) is 0 Å². The summed E-state index contributed by atoms with van der Waals surface area (Å²) in [7, 11) is 1.70. The number of aromatic nitrogens is 3. The maximum Gasteiger partial charge on any atom is 0.195 e. The number of likely N-dealkylation sites (tertiary alicyclic amines) is 1. The summed E-state index contributed by atoms with van der Waals surface area (Å²) < 4.78 is 7.60. The first kappa shape index (κ1) is 19.0. The third-order valence-corrected chi connectivity index (χ3v) is 5.70. The fraction of sp³-hybridized carbons (Fsp3) is 0.500. The minimum atomic E-state index is 0.441. The first-order valence-electron chi connectivity index (χ1n) is 9.14. The van der Waals surface area contributed by atoms with Gasteiger partial charge in [-0.15, -0.1) is 10.2 Å². The van der Waals surface area contributed by atoms with Crippen LogP contribution >= 0.6 is 11.8 Å². The van der Waals surface area contributed by atoms with Crippen LogP contribution in [0, 0.1) is 0 Å². The number of nitrogens with zero attached hydrogens (tertiary/aromatic N) is 4. The molecule has 1 aromatic heterocycles. The smallest absolute Gasteiger partial charge is 0.195 e. The third-order valence-electron chi connectivity index (χ3n) is 5.07. The Labute approximate surface area is 160 Å². The minimum Gasteiger partial charge on any atom is -0.497 e. The summed E-state index contributed by atoms with van der Waals surface area (Å²) >= 11 is 1.63. The number of methoxy groups -OCH3 is 1. The predicted molar refractivity (Wildman–Crippen MR) is 108 cm³/mol. The molecule has 1 aliphatic heterocycles. The molecule has 0 aliphatic carbocycles. The van der Waals surface area contributed by atoms with E-state index in [1.807, 2.05) is 18.4 Å². The second-order valence-corrected chi connectivity index (χ2v) is 7.54. The lowest BCUT2D eigenvalue weighted by Gasteiger charge is -2.31. The minimum absolute atomic E-state index is 0.441. The molecule has 0 radical (unpaired) electrons. The largest absolute Gasteiger partial charge is 0.497 e. The summed E-state index contributed by atoms with van der Waals surface area (Å²) in [5.41, 5.74) is 2.51. The van der Waals surface area contributed by atoms with Gasteiger partial charge in [-0.1, -0.05) is 29.5 Å². The number of allylic oxidation sites excluding steroid dienone is 1. The van der Waals surface area contributed by atoms with Crippen LogP contribution in [0.4, 0.5) is 0 Å². The summed E-state index contributed by atoms with van der Waals surface area (Å²) in [6.07, 6.45) is 6.49. The van der Waals surface area contributed by atoms with E-state index in [1.165, 1.54) is 5.57 Å². The van der Waals surface area contributed by atoms with Gasteiger partial charge in [-0.2, -0.15) is 0 Å². The lowest BCUT2D eigenvalue weighted by Crippen LogP contribution is -2.34. The first-order chi connectivity index (χ1) is 12.7. The molecule has 0 bridgehead atoms. The van der Waals surface area contributed by atoms with E-state index in [4.69, 9.17) is 4.74 Å². The van der Waals surface area contributed by atoms with Crippen LogP contribution in [0.3, 0.4) is 0 Å². The van der Waals surface area contributed by atoms with E-state index in [0.29, 0.717) is 5.92 Å². The number of piperidine rings is 1. The number of ether oxygens (including phenoxy) is 1. The molecule has 1 aliphatic rings. The van der Waals surface area contributed by atoms with Crippen LogP contribution in [-0.2, 0) is 0 Å². The Morgan fingerprint density at radius 2 is 2.08 bits per heavy atom. The van der Waals surface area contributed by atoms with Gasteiger partial charge in [-0.05, 0) is 58.2 Å². The zero-order chi connectivity index (χ0) is 18.5. The van der Waals surface area contributed by atoms with E-state index in [1.54, 1.807) is 18.9 Å². The summed E-state index contributed by atoms with van der Waals surface area (Å²) in [5, 5.41) is 9.93. The summed E-state index contributed by atoms with van der Waals surface area (Å²) in [6.45, 7) is 7.60. The van der Waals surface area contributed by atoms with E-state index >= 15 is 0 Å². The summed E-state index contributed by atoms with van der Waals surface area (Å²) in [6, 6.07) is 8.13. The van der Waals surface area contributed by atoms with Gasteiger partial charge < -0.3 is 4.74 Å². The molecule has 1 aromatic carbocycles. The molecule has 6 heteroatoms. The number of hydrogen-bond donors (Lipinski definition) is 0. The van der Waals surface area contributed by atoms with Gasteiger partial charge in [-0.25, -0.2) is 0 Å². The van der Waals surface area contributed by atoms with E-state index < -0.39 is 0 Å². The zero-order valence-electron chi connectivity index (χ0n) is 16.1. The van der Waals surface area contributed by atoms with Crippen molar-refractivity contribution in [1.82, 2.24) is 19.7 Å². The van der Waals surface area contributed by atoms with Crippen LogP contribution in [0.5, 0.6) is 5.75 Å². The van der Waals surface area contributed by atoms with Crippen molar-refractivity contribution in [3.8, 4) is 11.4 Å². The molecule has 0 saturated carbocycles. The highest BCUT2D eigenvalue weighted by Gasteiger charge is 2.26. The molecule has 1 fully saturated rings. The Bertz CT molecular complexity index is 763. The summed E-state index contributed by atoms with van der Waals surface area (Å²) in [5.74, 6) is 2.37. The number of hydrogen-bond acceptors (Lipinski definition) is 5. The Morgan fingerprint density at radius 3 is 2.73 bits per heavy atom. The highest BCUT2D eigenvalue weighted by atomic mass is 32.2. The zero-order valence-corrected chi connectivity index (χ0v) is 16.9. The molecule has 5 nitrogen and oxygen atoms in total. The number of benzene rings is 1. The fourth-order valence-corrected chi connectivity index (χ4v) is 3.97. The van der Waals surface area contributed by atoms with Crippen molar-refractivity contribution in [3.05, 3.63) is 41.7 Å². The van der Waals surface area contributed by atoms with E-state index in [2.05, 4.69) is 51.7 Å². The monoisotopic (exact) mass is 372 g/mol. The lowest BCUT2D eigenvalue weighted by molar-refractivity contribution is 0.223. The Hall–Kier alpha value is -1.79. The molecule has 0 atom stereocenters. The Morgan fingerprint density at radius 1 is 1.31 bits per heavy atom. The Balaban J connectivity index is 1.82. The van der Waals surface area contributed by atoms with Crippen LogP contribution in [0.1, 0.15) is 38.4 Å². The van der Waals surface area contributed by atoms with Crippen LogP contribution in [-0.4, -0.2) is 52.7 Å². The van der Waals surface area contributed by atoms with Gasteiger partial charge in [0.25, 0.3) is 0 Å². The molecule has 26 heavy (non-hydrogen) atoms. The van der Waals surface area contributed by atoms with Gasteiger partial charge >= 0.3 is 0 Å². The molecule has 140 valence electrons. The molecule has 0 unspecified atom stereocenters. The fourth-order valence-electron chi connectivity index (χ4n) is 3.46. The van der Waals surface area contributed by atoms with Crippen LogP contribution in [0.15, 0.2) is 41.1 Å². The molecule has 0 amide bonds. The maximum atomic E-state index is 5.40. The van der Waals surface area contributed by atoms with Gasteiger partial charge in [-0.3, -0.25) is 9.47 Å². The maximum absolute atomic E-state index is 5.40. The topological polar surface area (TPSA) is 43.2 Å². The highest BCUT2D eigenvalue weighted by Crippen LogP contribution is 2.32. The van der Waals surface area contributed by atoms with Crippen LogP contribution in [0.25, 0.3) is 5.69 Å². The standard InChI is InChI=1S/C20H28N4OS/c1-5-15(2)14-23-11-9-16(10-12-23)19-21-22-20(26-4)24(19)17-7-6-8-18(13-17)25-3/h5-8,13,16H,9-12,14H2,1-4H3. The van der Waals surface area contributed by atoms with Gasteiger partial charge in [0.05, 0.1) is 12.8 Å². The summed E-state index contributed by atoms with van der Waals surface area (Å²) in [4.78, 5) is 2.54. The first-order valence-corrected chi connectivity index (χ1v) is 10.4. The van der Waals surface area contributed by atoms with Gasteiger partial charge in [0.2, 0.25) is 0 Å². The predicted octanol–water partition coefficient (Wildman–Crippen LogP) is 4.14. The second kappa shape index (κ2) is 8.73. The van der Waals surface area contributed by atoms with E-state index in [0.717, 1.165) is 54.9 Å². The van der Waals surface area contributed by atoms with Crippen molar-refractivity contribution in [2.24, 2.45) is 0 Å². The molecule has 0 N–H and O–H groups in total. The van der Waals surface area contributed by atoms with Crippen molar-refractivity contribution in [3.63, 3.8) is 0 Å². The normalized spacial score (nSPS) is 16.8. The molecule has 3 rings (SSSR count). The molecule has 0 spiro atoms. The number of thioether (sulfide) groups is 1. The molecule has 1 saturated heterocycles. The van der Waals surface area contributed by atoms with Crippen molar-refractivity contribution < 1.29 is 4.74 Å². The molecular weight excluding hydrogens is 344 g/mol. The average Bonchev–Trinajstić information content (AvgIpc) is 3.12. The van der Waals surface area contributed by atoms with Crippen molar-refractivity contribution in [2.45, 2.75) is 37.8 Å². The lowest BCUT2D eigenvalue weighted by atomic mass is 9.95. The van der Waals surface area contributed by atoms with Gasteiger partial charge in [0.1, 0.15) is 11.6 Å². The second-order valence-electron chi connectivity index (χ2n) is 6.77. The van der Waals surface area contributed by atoms with Crippen molar-refractivity contribution in [1.29, 1.82) is 0 Å². The molecule has 2 aromatic rings. The van der Waals surface area contributed by atoms with Crippen LogP contribution < -0.4 is 4.74 Å². The Kier molecular flexibility index (Phi) is 6.38. The molecular formula is C20H28N4OS. The van der Waals surface area contributed by atoms with Crippen molar-refractivity contribution in [2.75, 3.05) is 33.0 Å². The highest BCUT2D eigenvalue weighted by molar-refractivity contribution is 7.98. The third kappa shape index (κ3) is 4.13. The molecule has 2 heterocycles. The number of rotatable bonds is 6.